The summed E-state index contributed by atoms with van der Waals surface area (Å²) >= 11 is 0. The highest BCUT2D eigenvalue weighted by Crippen LogP contribution is 2.20. The highest BCUT2D eigenvalue weighted by molar-refractivity contribution is 5.18. The molecule has 18 heavy (non-hydrogen) atoms. The van der Waals surface area contributed by atoms with Crippen LogP contribution in [0.25, 0.3) is 0 Å². The van der Waals surface area contributed by atoms with Crippen molar-refractivity contribution in [2.24, 2.45) is 0 Å². The van der Waals surface area contributed by atoms with Gasteiger partial charge in [-0.1, -0.05) is 0 Å². The van der Waals surface area contributed by atoms with Crippen molar-refractivity contribution in [1.82, 2.24) is 15.3 Å². The standard InChI is InChI=1S/C14H16FN3/c1-16-14(12-6-9-18-10-13(12)15)3-2-11-4-7-17-8-5-11/h4-10,14,16H,2-3H2,1H3. The van der Waals surface area contributed by atoms with Gasteiger partial charge in [-0.25, -0.2) is 4.39 Å². The van der Waals surface area contributed by atoms with Crippen molar-refractivity contribution >= 4 is 0 Å². The van der Waals surface area contributed by atoms with E-state index in [-0.39, 0.29) is 11.9 Å². The zero-order chi connectivity index (χ0) is 12.8. The Morgan fingerprint density at radius 3 is 2.56 bits per heavy atom. The highest BCUT2D eigenvalue weighted by atomic mass is 19.1. The van der Waals surface area contributed by atoms with E-state index >= 15 is 0 Å². The van der Waals surface area contributed by atoms with Crippen LogP contribution < -0.4 is 5.32 Å². The van der Waals surface area contributed by atoms with Crippen LogP contribution in [0.15, 0.2) is 43.0 Å². The van der Waals surface area contributed by atoms with Crippen LogP contribution in [0.5, 0.6) is 0 Å². The van der Waals surface area contributed by atoms with E-state index in [1.807, 2.05) is 19.2 Å². The first-order valence-corrected chi connectivity index (χ1v) is 5.97. The molecule has 2 rings (SSSR count). The fourth-order valence-electron chi connectivity index (χ4n) is 1.98. The summed E-state index contributed by atoms with van der Waals surface area (Å²) in [5.41, 5.74) is 1.88. The molecule has 2 aromatic rings. The molecule has 1 N–H and O–H groups in total. The Balaban J connectivity index is 2.04. The summed E-state index contributed by atoms with van der Waals surface area (Å²) in [6.07, 6.45) is 8.14. The van der Waals surface area contributed by atoms with E-state index in [9.17, 15) is 4.39 Å². The second-order valence-electron chi connectivity index (χ2n) is 4.13. The van der Waals surface area contributed by atoms with Crippen LogP contribution in [0, 0.1) is 5.82 Å². The molecule has 0 radical (unpaired) electrons. The van der Waals surface area contributed by atoms with Crippen molar-refractivity contribution in [2.75, 3.05) is 7.05 Å². The summed E-state index contributed by atoms with van der Waals surface area (Å²) in [6.45, 7) is 0. The lowest BCUT2D eigenvalue weighted by atomic mass is 10.00. The topological polar surface area (TPSA) is 37.8 Å². The van der Waals surface area contributed by atoms with Gasteiger partial charge in [-0.3, -0.25) is 9.97 Å². The van der Waals surface area contributed by atoms with E-state index < -0.39 is 0 Å². The van der Waals surface area contributed by atoms with Gasteiger partial charge >= 0.3 is 0 Å². The van der Waals surface area contributed by atoms with Gasteiger partial charge in [0, 0.05) is 30.2 Å². The zero-order valence-corrected chi connectivity index (χ0v) is 10.3. The first-order chi connectivity index (χ1) is 8.81. The molecule has 0 saturated heterocycles. The summed E-state index contributed by atoms with van der Waals surface area (Å²) in [5.74, 6) is -0.258. The van der Waals surface area contributed by atoms with Crippen LogP contribution in [0.2, 0.25) is 0 Å². The molecule has 0 aliphatic heterocycles. The predicted octanol–water partition coefficient (Wildman–Crippen LogP) is 2.51. The molecule has 0 spiro atoms. The summed E-state index contributed by atoms with van der Waals surface area (Å²) in [4.78, 5) is 7.75. The summed E-state index contributed by atoms with van der Waals surface area (Å²) in [6, 6.07) is 5.69. The number of hydrogen-bond donors (Lipinski definition) is 1. The molecule has 1 unspecified atom stereocenters. The van der Waals surface area contributed by atoms with Crippen molar-refractivity contribution in [3.8, 4) is 0 Å². The lowest BCUT2D eigenvalue weighted by Gasteiger charge is -2.17. The summed E-state index contributed by atoms with van der Waals surface area (Å²) < 4.78 is 13.6. The van der Waals surface area contributed by atoms with Gasteiger partial charge in [-0.2, -0.15) is 0 Å². The van der Waals surface area contributed by atoms with E-state index in [1.54, 1.807) is 24.7 Å². The first kappa shape index (κ1) is 12.6. The van der Waals surface area contributed by atoms with E-state index in [1.165, 1.54) is 11.8 Å². The van der Waals surface area contributed by atoms with E-state index in [2.05, 4.69) is 15.3 Å². The number of nitrogens with zero attached hydrogens (tertiary/aromatic N) is 2. The lowest BCUT2D eigenvalue weighted by molar-refractivity contribution is 0.506. The maximum atomic E-state index is 13.6. The Kier molecular flexibility index (Phi) is 4.36. The van der Waals surface area contributed by atoms with Gasteiger partial charge in [-0.15, -0.1) is 0 Å². The number of aryl methyl sites for hydroxylation is 1. The van der Waals surface area contributed by atoms with Gasteiger partial charge < -0.3 is 5.32 Å². The number of nitrogens with one attached hydrogen (secondary N) is 1. The largest absolute Gasteiger partial charge is 0.313 e. The highest BCUT2D eigenvalue weighted by Gasteiger charge is 2.13. The Hall–Kier alpha value is -1.81. The van der Waals surface area contributed by atoms with Crippen molar-refractivity contribution in [3.63, 3.8) is 0 Å². The molecule has 4 heteroatoms. The number of pyridine rings is 2. The van der Waals surface area contributed by atoms with Crippen molar-refractivity contribution < 1.29 is 4.39 Å². The van der Waals surface area contributed by atoms with Crippen LogP contribution in [-0.2, 0) is 6.42 Å². The second-order valence-corrected chi connectivity index (χ2v) is 4.13. The van der Waals surface area contributed by atoms with Crippen LogP contribution in [0.1, 0.15) is 23.6 Å². The van der Waals surface area contributed by atoms with Crippen LogP contribution in [0.3, 0.4) is 0 Å². The molecule has 2 heterocycles. The molecule has 0 aliphatic rings. The molecule has 1 atom stereocenters. The molecule has 0 aliphatic carbocycles. The second kappa shape index (κ2) is 6.21. The van der Waals surface area contributed by atoms with Gasteiger partial charge in [0.2, 0.25) is 0 Å². The Labute approximate surface area is 106 Å². The summed E-state index contributed by atoms with van der Waals surface area (Å²) in [5, 5.41) is 3.15. The van der Waals surface area contributed by atoms with Gasteiger partial charge in [0.25, 0.3) is 0 Å². The smallest absolute Gasteiger partial charge is 0.146 e. The molecule has 0 saturated carbocycles. The van der Waals surface area contributed by atoms with Gasteiger partial charge in [0.05, 0.1) is 6.20 Å². The number of aromatic nitrogens is 2. The molecule has 0 fully saturated rings. The third kappa shape index (κ3) is 3.11. The molecular weight excluding hydrogens is 229 g/mol. The monoisotopic (exact) mass is 245 g/mol. The number of halogens is 1. The lowest BCUT2D eigenvalue weighted by Crippen LogP contribution is -2.18. The fourth-order valence-corrected chi connectivity index (χ4v) is 1.98. The zero-order valence-electron chi connectivity index (χ0n) is 10.3. The van der Waals surface area contributed by atoms with E-state index in [4.69, 9.17) is 0 Å². The molecule has 0 aromatic carbocycles. The van der Waals surface area contributed by atoms with Crippen molar-refractivity contribution in [3.05, 3.63) is 59.9 Å². The quantitative estimate of drug-likeness (QED) is 0.879. The van der Waals surface area contributed by atoms with Crippen molar-refractivity contribution in [2.45, 2.75) is 18.9 Å². The minimum atomic E-state index is -0.258. The maximum Gasteiger partial charge on any atom is 0.146 e. The summed E-state index contributed by atoms with van der Waals surface area (Å²) in [7, 11) is 1.84. The molecular formula is C14H16FN3. The third-order valence-corrected chi connectivity index (χ3v) is 3.00. The average Bonchev–Trinajstić information content (AvgIpc) is 2.42. The Morgan fingerprint density at radius 2 is 1.89 bits per heavy atom. The van der Waals surface area contributed by atoms with E-state index in [0.717, 1.165) is 12.8 Å². The fraction of sp³-hybridized carbons (Fsp3) is 0.286. The maximum absolute atomic E-state index is 13.6. The van der Waals surface area contributed by atoms with Gasteiger partial charge in [0.15, 0.2) is 0 Å². The first-order valence-electron chi connectivity index (χ1n) is 5.97. The molecule has 94 valence electrons. The van der Waals surface area contributed by atoms with E-state index in [0.29, 0.717) is 5.56 Å². The minimum absolute atomic E-state index is 0.00108. The van der Waals surface area contributed by atoms with Gasteiger partial charge in [0.1, 0.15) is 5.82 Å². The van der Waals surface area contributed by atoms with Crippen LogP contribution in [0.4, 0.5) is 4.39 Å². The number of hydrogen-bond acceptors (Lipinski definition) is 3. The van der Waals surface area contributed by atoms with Crippen LogP contribution in [-0.4, -0.2) is 17.0 Å². The normalized spacial score (nSPS) is 12.3. The molecule has 3 nitrogen and oxygen atoms in total. The van der Waals surface area contributed by atoms with Crippen molar-refractivity contribution in [1.29, 1.82) is 0 Å². The van der Waals surface area contributed by atoms with Crippen LogP contribution >= 0.6 is 0 Å². The average molecular weight is 245 g/mol. The number of rotatable bonds is 5. The molecule has 2 aromatic heterocycles. The Bertz CT molecular complexity index is 487. The Morgan fingerprint density at radius 1 is 1.17 bits per heavy atom. The van der Waals surface area contributed by atoms with Gasteiger partial charge in [-0.05, 0) is 43.7 Å². The third-order valence-electron chi connectivity index (χ3n) is 3.00. The molecule has 0 amide bonds. The molecule has 0 bridgehead atoms. The SMILES string of the molecule is CNC(CCc1ccncc1)c1ccncc1F. The minimum Gasteiger partial charge on any atom is -0.313 e. The predicted molar refractivity (Wildman–Crippen MR) is 68.6 cm³/mol.